The first kappa shape index (κ1) is 9.25. The van der Waals surface area contributed by atoms with Gasteiger partial charge in [0.2, 0.25) is 5.91 Å². The number of hydrogen-bond donors (Lipinski definition) is 3. The lowest BCUT2D eigenvalue weighted by atomic mass is 10.3. The normalized spacial score (nSPS) is 9.00. The largest absolute Gasteiger partial charge is 0.326 e. The summed E-state index contributed by atoms with van der Waals surface area (Å²) in [7, 11) is 0. The predicted molar refractivity (Wildman–Crippen MR) is 51.6 cm³/mol. The summed E-state index contributed by atoms with van der Waals surface area (Å²) < 4.78 is 0. The summed E-state index contributed by atoms with van der Waals surface area (Å²) in [6.07, 6.45) is 0. The van der Waals surface area contributed by atoms with Gasteiger partial charge < -0.3 is 5.32 Å². The summed E-state index contributed by atoms with van der Waals surface area (Å²) in [5.41, 5.74) is 0.779. The number of hydrogen-bond acceptors (Lipinski definition) is 2. The van der Waals surface area contributed by atoms with Gasteiger partial charge in [0.25, 0.3) is 0 Å². The second-order valence-electron chi connectivity index (χ2n) is 2.55. The minimum absolute atomic E-state index is 0.0151. The topological polar surface area (TPSA) is 65.0 Å². The van der Waals surface area contributed by atoms with Gasteiger partial charge in [-0.2, -0.15) is 0 Å². The van der Waals surface area contributed by atoms with E-state index in [1.54, 1.807) is 0 Å². The first-order chi connectivity index (χ1) is 6.18. The second-order valence-corrected chi connectivity index (χ2v) is 2.55. The van der Waals surface area contributed by atoms with E-state index in [1.165, 1.54) is 6.92 Å². The lowest BCUT2D eigenvalue weighted by Gasteiger charge is -2.06. The van der Waals surface area contributed by atoms with E-state index in [9.17, 15) is 4.79 Å². The van der Waals surface area contributed by atoms with Crippen molar-refractivity contribution in [2.45, 2.75) is 6.92 Å². The maximum absolute atomic E-state index is 10.6. The van der Waals surface area contributed by atoms with Crippen LogP contribution < -0.4 is 10.6 Å². The van der Waals surface area contributed by atoms with Crippen molar-refractivity contribution in [3.63, 3.8) is 0 Å². The van der Waals surface area contributed by atoms with Crippen molar-refractivity contribution < 1.29 is 4.79 Å². The van der Waals surface area contributed by atoms with Gasteiger partial charge in [-0.15, -0.1) is 0 Å². The van der Waals surface area contributed by atoms with Crippen LogP contribution in [0.5, 0.6) is 0 Å². The van der Waals surface area contributed by atoms with Gasteiger partial charge in [-0.05, 0) is 12.1 Å². The van der Waals surface area contributed by atoms with Crippen LogP contribution in [0.1, 0.15) is 6.92 Å². The van der Waals surface area contributed by atoms with Gasteiger partial charge in [0.05, 0.1) is 0 Å². The van der Waals surface area contributed by atoms with Crippen molar-refractivity contribution in [3.8, 4) is 0 Å². The van der Waals surface area contributed by atoms with E-state index in [0.29, 0.717) is 0 Å². The molecule has 0 saturated heterocycles. The Labute approximate surface area is 76.5 Å². The van der Waals surface area contributed by atoms with Crippen LogP contribution in [-0.2, 0) is 4.79 Å². The van der Waals surface area contributed by atoms with E-state index >= 15 is 0 Å². The molecule has 0 saturated carbocycles. The van der Waals surface area contributed by atoms with Gasteiger partial charge in [-0.25, -0.2) is 0 Å². The molecule has 0 atom stereocenters. The molecule has 0 unspecified atom stereocenters. The van der Waals surface area contributed by atoms with Crippen LogP contribution in [0.25, 0.3) is 0 Å². The van der Waals surface area contributed by atoms with Crippen molar-refractivity contribution in [1.29, 1.82) is 5.41 Å². The molecule has 0 bridgehead atoms. The van der Waals surface area contributed by atoms with Crippen molar-refractivity contribution >= 4 is 17.6 Å². The maximum atomic E-state index is 10.6. The smallest absolute Gasteiger partial charge is 0.223 e. The molecule has 1 rings (SSSR count). The minimum atomic E-state index is -0.256. The summed E-state index contributed by atoms with van der Waals surface area (Å²) >= 11 is 0. The Bertz CT molecular complexity index is 308. The third-order valence-electron chi connectivity index (χ3n) is 1.34. The van der Waals surface area contributed by atoms with Gasteiger partial charge in [-0.1, -0.05) is 18.2 Å². The Balaban J connectivity index is 2.50. The number of nitrogens with one attached hydrogen (secondary N) is 3. The first-order valence-corrected chi connectivity index (χ1v) is 3.86. The Morgan fingerprint density at radius 2 is 1.92 bits per heavy atom. The standard InChI is InChI=1S/C9H11N3O/c1-7(13)11-9(10)12-8-5-3-2-4-6-8/h2-6H,1H3,(H3,10,11,12,13). The highest BCUT2D eigenvalue weighted by atomic mass is 16.1. The Morgan fingerprint density at radius 3 is 2.46 bits per heavy atom. The number of anilines is 1. The van der Waals surface area contributed by atoms with E-state index in [2.05, 4.69) is 10.6 Å². The fourth-order valence-electron chi connectivity index (χ4n) is 0.873. The lowest BCUT2D eigenvalue weighted by molar-refractivity contribution is -0.117. The van der Waals surface area contributed by atoms with E-state index in [0.717, 1.165) is 5.69 Å². The Morgan fingerprint density at radius 1 is 1.31 bits per heavy atom. The molecule has 1 aromatic rings. The van der Waals surface area contributed by atoms with Crippen LogP contribution in [0, 0.1) is 5.41 Å². The van der Waals surface area contributed by atoms with Gasteiger partial charge in [0, 0.05) is 12.6 Å². The molecule has 3 N–H and O–H groups in total. The zero-order valence-electron chi connectivity index (χ0n) is 7.29. The van der Waals surface area contributed by atoms with Crippen LogP contribution in [0.15, 0.2) is 30.3 Å². The predicted octanol–water partition coefficient (Wildman–Crippen LogP) is 1.17. The number of para-hydroxylation sites is 1. The highest BCUT2D eigenvalue weighted by Gasteiger charge is 1.97. The number of carbonyl (C=O) groups is 1. The van der Waals surface area contributed by atoms with Crippen molar-refractivity contribution in [2.75, 3.05) is 5.32 Å². The first-order valence-electron chi connectivity index (χ1n) is 3.86. The fraction of sp³-hybridized carbons (Fsp3) is 0.111. The van der Waals surface area contributed by atoms with Gasteiger partial charge in [-0.3, -0.25) is 15.5 Å². The highest BCUT2D eigenvalue weighted by molar-refractivity contribution is 6.01. The molecular formula is C9H11N3O. The van der Waals surface area contributed by atoms with Gasteiger partial charge in [0.15, 0.2) is 5.96 Å². The fourth-order valence-corrected chi connectivity index (χ4v) is 0.873. The second kappa shape index (κ2) is 4.25. The lowest BCUT2D eigenvalue weighted by Crippen LogP contribution is -2.33. The Kier molecular flexibility index (Phi) is 3.03. The molecule has 13 heavy (non-hydrogen) atoms. The molecule has 0 radical (unpaired) electrons. The molecule has 68 valence electrons. The summed E-state index contributed by atoms with van der Waals surface area (Å²) in [6, 6.07) is 9.21. The molecule has 0 fully saturated rings. The summed E-state index contributed by atoms with van der Waals surface area (Å²) in [6.45, 7) is 1.36. The molecule has 0 heterocycles. The molecule has 0 aromatic heterocycles. The van der Waals surface area contributed by atoms with E-state index < -0.39 is 0 Å². The summed E-state index contributed by atoms with van der Waals surface area (Å²) in [5.74, 6) is -0.271. The summed E-state index contributed by atoms with van der Waals surface area (Å²) in [4.78, 5) is 10.6. The highest BCUT2D eigenvalue weighted by Crippen LogP contribution is 2.03. The maximum Gasteiger partial charge on any atom is 0.223 e. The number of benzene rings is 1. The molecule has 0 aliphatic heterocycles. The molecule has 1 amide bonds. The number of guanidine groups is 1. The molecule has 0 aliphatic carbocycles. The molecular weight excluding hydrogens is 166 g/mol. The van der Waals surface area contributed by atoms with Gasteiger partial charge in [0.1, 0.15) is 0 Å². The molecule has 4 heteroatoms. The minimum Gasteiger partial charge on any atom is -0.326 e. The molecule has 1 aromatic carbocycles. The van der Waals surface area contributed by atoms with Crippen molar-refractivity contribution in [3.05, 3.63) is 30.3 Å². The molecule has 4 nitrogen and oxygen atoms in total. The zero-order valence-corrected chi connectivity index (χ0v) is 7.29. The third kappa shape index (κ3) is 3.37. The zero-order chi connectivity index (χ0) is 9.68. The van der Waals surface area contributed by atoms with Gasteiger partial charge >= 0.3 is 0 Å². The SMILES string of the molecule is CC(=O)NC(=N)Nc1ccccc1. The van der Waals surface area contributed by atoms with Crippen molar-refractivity contribution in [2.24, 2.45) is 0 Å². The monoisotopic (exact) mass is 177 g/mol. The summed E-state index contributed by atoms with van der Waals surface area (Å²) in [5, 5.41) is 12.4. The van der Waals surface area contributed by atoms with E-state index in [-0.39, 0.29) is 11.9 Å². The third-order valence-corrected chi connectivity index (χ3v) is 1.34. The molecule has 0 aliphatic rings. The number of carbonyl (C=O) groups excluding carboxylic acids is 1. The van der Waals surface area contributed by atoms with E-state index in [4.69, 9.17) is 5.41 Å². The quantitative estimate of drug-likeness (QED) is 0.445. The Hall–Kier alpha value is -1.84. The average Bonchev–Trinajstić information content (AvgIpc) is 2.04. The van der Waals surface area contributed by atoms with Crippen LogP contribution in [-0.4, -0.2) is 11.9 Å². The number of rotatable bonds is 1. The van der Waals surface area contributed by atoms with E-state index in [1.807, 2.05) is 30.3 Å². The average molecular weight is 177 g/mol. The molecule has 0 spiro atoms. The van der Waals surface area contributed by atoms with Crippen LogP contribution in [0.4, 0.5) is 5.69 Å². The van der Waals surface area contributed by atoms with Crippen LogP contribution in [0.3, 0.4) is 0 Å². The van der Waals surface area contributed by atoms with Crippen LogP contribution in [0.2, 0.25) is 0 Å². The number of amides is 1. The van der Waals surface area contributed by atoms with Crippen LogP contribution >= 0.6 is 0 Å². The van der Waals surface area contributed by atoms with Crippen molar-refractivity contribution in [1.82, 2.24) is 5.32 Å².